The van der Waals surface area contributed by atoms with Crippen LogP contribution in [0.3, 0.4) is 0 Å². The van der Waals surface area contributed by atoms with E-state index >= 15 is 0 Å². The number of hydrogen-bond acceptors (Lipinski definition) is 6. The van der Waals surface area contributed by atoms with Crippen molar-refractivity contribution in [2.24, 2.45) is 15.2 Å². The minimum atomic E-state index is -0.815. The predicted molar refractivity (Wildman–Crippen MR) is 64.2 cm³/mol. The maximum Gasteiger partial charge on any atom is 0.452 e. The van der Waals surface area contributed by atoms with Gasteiger partial charge in [-0.25, -0.2) is 9.86 Å². The van der Waals surface area contributed by atoms with Gasteiger partial charge in [0.15, 0.2) is 0 Å². The summed E-state index contributed by atoms with van der Waals surface area (Å²) < 4.78 is 4.28. The van der Waals surface area contributed by atoms with E-state index in [0.29, 0.717) is 17.1 Å². The molecule has 0 fully saturated rings. The molecule has 1 heterocycles. The summed E-state index contributed by atoms with van der Waals surface area (Å²) in [6.45, 7) is 0. The molecule has 0 aromatic heterocycles. The summed E-state index contributed by atoms with van der Waals surface area (Å²) in [5.41, 5.74) is 1.46. The van der Waals surface area contributed by atoms with E-state index in [1.165, 1.54) is 19.5 Å². The van der Waals surface area contributed by atoms with Crippen molar-refractivity contribution in [1.29, 1.82) is 0 Å². The molecule has 0 unspecified atom stereocenters. The fourth-order valence-corrected chi connectivity index (χ4v) is 1.35. The van der Waals surface area contributed by atoms with E-state index in [9.17, 15) is 10.0 Å². The van der Waals surface area contributed by atoms with E-state index in [1.54, 1.807) is 18.2 Å². The Bertz CT molecular complexity index is 551. The number of nitrogens with zero attached hydrogens (tertiary/aromatic N) is 4. The second-order valence-electron chi connectivity index (χ2n) is 3.30. The zero-order chi connectivity index (χ0) is 13.0. The summed E-state index contributed by atoms with van der Waals surface area (Å²) in [6.07, 6.45) is 1.80. The van der Waals surface area contributed by atoms with Crippen LogP contribution in [-0.4, -0.2) is 24.6 Å². The molecule has 92 valence electrons. The van der Waals surface area contributed by atoms with Crippen LogP contribution in [0.25, 0.3) is 0 Å². The molecular formula is C11H10N4O3. The third-order valence-corrected chi connectivity index (χ3v) is 2.19. The van der Waals surface area contributed by atoms with Gasteiger partial charge in [-0.2, -0.15) is 5.11 Å². The van der Waals surface area contributed by atoms with E-state index in [-0.39, 0.29) is 0 Å². The van der Waals surface area contributed by atoms with Gasteiger partial charge in [-0.3, -0.25) is 10.2 Å². The van der Waals surface area contributed by atoms with Crippen LogP contribution in [0.15, 0.2) is 51.4 Å². The number of benzene rings is 1. The normalized spacial score (nSPS) is 16.1. The Morgan fingerprint density at radius 1 is 1.50 bits per heavy atom. The zero-order valence-corrected chi connectivity index (χ0v) is 9.52. The van der Waals surface area contributed by atoms with Crippen molar-refractivity contribution >= 4 is 23.7 Å². The molecule has 1 amide bonds. The van der Waals surface area contributed by atoms with E-state index in [4.69, 9.17) is 0 Å². The van der Waals surface area contributed by atoms with Gasteiger partial charge in [-0.05, 0) is 12.1 Å². The molecule has 0 radical (unpaired) electrons. The van der Waals surface area contributed by atoms with Gasteiger partial charge in [0.05, 0.1) is 30.9 Å². The van der Waals surface area contributed by atoms with Crippen molar-refractivity contribution in [3.8, 4) is 0 Å². The molecule has 1 aliphatic heterocycles. The fourth-order valence-electron chi connectivity index (χ4n) is 1.35. The van der Waals surface area contributed by atoms with Gasteiger partial charge in [0.1, 0.15) is 5.70 Å². The van der Waals surface area contributed by atoms with Gasteiger partial charge in [-0.1, -0.05) is 17.2 Å². The Morgan fingerprint density at radius 2 is 2.28 bits per heavy atom. The van der Waals surface area contributed by atoms with Crippen LogP contribution in [0, 0.1) is 0 Å². The number of hydrogen-bond donors (Lipinski definition) is 1. The number of para-hydroxylation sites is 2. The standard InChI is InChI=1S/C11H10N4O3/c1-18-11(16)14-13-7-8-6-12-9-4-2-3-5-10(9)15(8)17/h2-7,17H,1H3/b8-7+,14-13?. The number of carbonyl (C=O) groups excluding carboxylic acids is 1. The molecular weight excluding hydrogens is 236 g/mol. The molecule has 1 aromatic carbocycles. The van der Waals surface area contributed by atoms with Crippen LogP contribution in [0.4, 0.5) is 16.2 Å². The van der Waals surface area contributed by atoms with Crippen molar-refractivity contribution < 1.29 is 14.7 Å². The Labute approximate surface area is 103 Å². The molecule has 0 spiro atoms. The third kappa shape index (κ3) is 2.41. The number of rotatable bonds is 1. The third-order valence-electron chi connectivity index (χ3n) is 2.19. The van der Waals surface area contributed by atoms with Crippen LogP contribution in [0.2, 0.25) is 0 Å². The highest BCUT2D eigenvalue weighted by atomic mass is 16.5. The number of methoxy groups -OCH3 is 1. The number of carbonyl (C=O) groups is 1. The topological polar surface area (TPSA) is 86.8 Å². The Hall–Kier alpha value is -2.54. The molecule has 1 aliphatic rings. The van der Waals surface area contributed by atoms with Crippen LogP contribution in [-0.2, 0) is 4.74 Å². The lowest BCUT2D eigenvalue weighted by molar-refractivity contribution is 0.180. The molecule has 18 heavy (non-hydrogen) atoms. The van der Waals surface area contributed by atoms with Crippen LogP contribution in [0.5, 0.6) is 0 Å². The number of hydroxylamine groups is 1. The first-order valence-electron chi connectivity index (χ1n) is 5.03. The highest BCUT2D eigenvalue weighted by Crippen LogP contribution is 2.32. The first-order valence-corrected chi connectivity index (χ1v) is 5.03. The lowest BCUT2D eigenvalue weighted by Crippen LogP contribution is -2.20. The Morgan fingerprint density at radius 3 is 3.06 bits per heavy atom. The fraction of sp³-hybridized carbons (Fsp3) is 0.0909. The molecule has 1 aromatic rings. The zero-order valence-electron chi connectivity index (χ0n) is 9.52. The second-order valence-corrected chi connectivity index (χ2v) is 3.30. The second kappa shape index (κ2) is 5.19. The largest absolute Gasteiger partial charge is 0.452 e. The molecule has 0 saturated carbocycles. The molecule has 0 saturated heterocycles. The lowest BCUT2D eigenvalue weighted by Gasteiger charge is -2.21. The Balaban J connectivity index is 2.22. The summed E-state index contributed by atoms with van der Waals surface area (Å²) in [5, 5.41) is 17.5. The van der Waals surface area contributed by atoms with Gasteiger partial charge < -0.3 is 4.74 Å². The number of anilines is 1. The summed E-state index contributed by atoms with van der Waals surface area (Å²) in [5.74, 6) is 0. The maximum absolute atomic E-state index is 10.7. The predicted octanol–water partition coefficient (Wildman–Crippen LogP) is 2.66. The molecule has 7 heteroatoms. The summed E-state index contributed by atoms with van der Waals surface area (Å²) in [7, 11) is 1.20. The maximum atomic E-state index is 10.7. The molecule has 0 aliphatic carbocycles. The van der Waals surface area contributed by atoms with E-state index in [1.807, 2.05) is 6.07 Å². The molecule has 0 bridgehead atoms. The SMILES string of the molecule is COC(=O)N=N/C=C1\C=Nc2ccccc2N1O. The van der Waals surface area contributed by atoms with Crippen molar-refractivity contribution in [1.82, 2.24) is 0 Å². The van der Waals surface area contributed by atoms with Gasteiger partial charge >= 0.3 is 6.09 Å². The molecule has 7 nitrogen and oxygen atoms in total. The van der Waals surface area contributed by atoms with Gasteiger partial charge in [0.25, 0.3) is 0 Å². The van der Waals surface area contributed by atoms with Gasteiger partial charge in [0, 0.05) is 0 Å². The quantitative estimate of drug-likeness (QED) is 0.771. The smallest absolute Gasteiger partial charge is 0.450 e. The number of allylic oxidation sites excluding steroid dienone is 1. The number of ether oxygens (including phenoxy) is 1. The monoisotopic (exact) mass is 246 g/mol. The number of amides is 1. The first-order chi connectivity index (χ1) is 8.72. The number of azo groups is 1. The van der Waals surface area contributed by atoms with Crippen molar-refractivity contribution in [2.45, 2.75) is 0 Å². The van der Waals surface area contributed by atoms with Gasteiger partial charge in [0.2, 0.25) is 0 Å². The average molecular weight is 246 g/mol. The first kappa shape index (κ1) is 11.9. The van der Waals surface area contributed by atoms with Crippen LogP contribution >= 0.6 is 0 Å². The highest BCUT2D eigenvalue weighted by Gasteiger charge is 2.15. The average Bonchev–Trinajstić information content (AvgIpc) is 2.41. The van der Waals surface area contributed by atoms with Crippen molar-refractivity contribution in [2.75, 3.05) is 12.2 Å². The van der Waals surface area contributed by atoms with Crippen LogP contribution in [0.1, 0.15) is 0 Å². The molecule has 0 atom stereocenters. The van der Waals surface area contributed by atoms with Crippen LogP contribution < -0.4 is 5.06 Å². The van der Waals surface area contributed by atoms with Crippen molar-refractivity contribution in [3.63, 3.8) is 0 Å². The summed E-state index contributed by atoms with van der Waals surface area (Å²) >= 11 is 0. The number of fused-ring (bicyclic) bond motifs is 1. The van der Waals surface area contributed by atoms with Crippen molar-refractivity contribution in [3.05, 3.63) is 36.2 Å². The summed E-state index contributed by atoms with van der Waals surface area (Å²) in [6, 6.07) is 7.06. The summed E-state index contributed by atoms with van der Waals surface area (Å²) in [4.78, 5) is 14.8. The minimum absolute atomic E-state index is 0.293. The Kier molecular flexibility index (Phi) is 3.44. The lowest BCUT2D eigenvalue weighted by atomic mass is 10.2. The van der Waals surface area contributed by atoms with E-state index in [2.05, 4.69) is 20.0 Å². The number of aliphatic imine (C=N–C) groups is 1. The van der Waals surface area contributed by atoms with Gasteiger partial charge in [-0.15, -0.1) is 0 Å². The minimum Gasteiger partial charge on any atom is -0.450 e. The van der Waals surface area contributed by atoms with E-state index < -0.39 is 6.09 Å². The highest BCUT2D eigenvalue weighted by molar-refractivity contribution is 5.92. The molecule has 2 rings (SSSR count). The van der Waals surface area contributed by atoms with E-state index in [0.717, 1.165) is 5.06 Å². The molecule has 1 N–H and O–H groups in total.